The number of aryl methyl sites for hydroxylation is 1. The first-order valence-electron chi connectivity index (χ1n) is 11.3. The zero-order valence-corrected chi connectivity index (χ0v) is 19.1. The molecule has 2 aliphatic heterocycles. The van der Waals surface area contributed by atoms with Crippen LogP contribution in [0.3, 0.4) is 0 Å². The highest BCUT2D eigenvalue weighted by Crippen LogP contribution is 2.29. The van der Waals surface area contributed by atoms with E-state index in [2.05, 4.69) is 44.3 Å². The van der Waals surface area contributed by atoms with Crippen LogP contribution in [0, 0.1) is 6.92 Å². The van der Waals surface area contributed by atoms with E-state index >= 15 is 0 Å². The summed E-state index contributed by atoms with van der Waals surface area (Å²) in [6, 6.07) is 14.0. The molecule has 0 radical (unpaired) electrons. The van der Waals surface area contributed by atoms with Crippen molar-refractivity contribution in [2.24, 2.45) is 0 Å². The molecule has 0 spiro atoms. The number of hydrogen-bond donors (Lipinski definition) is 2. The summed E-state index contributed by atoms with van der Waals surface area (Å²) in [5, 5.41) is 3.28. The maximum absolute atomic E-state index is 13.1. The Morgan fingerprint density at radius 3 is 2.52 bits per heavy atom. The van der Waals surface area contributed by atoms with E-state index < -0.39 is 0 Å². The number of likely N-dealkylation sites (N-methyl/N-ethyl adjacent to an activating group) is 1. The molecule has 1 aromatic heterocycles. The number of hydrogen-bond acceptors (Lipinski definition) is 7. The quantitative estimate of drug-likeness (QED) is 0.599. The van der Waals surface area contributed by atoms with Gasteiger partial charge in [-0.3, -0.25) is 4.79 Å². The Bertz CT molecular complexity index is 1170. The molecule has 1 amide bonds. The molecule has 0 saturated carbocycles. The number of nitrogen functional groups attached to an aromatic ring is 1. The highest BCUT2D eigenvalue weighted by molar-refractivity contribution is 6.08. The summed E-state index contributed by atoms with van der Waals surface area (Å²) >= 11 is 0. The first-order valence-corrected chi connectivity index (χ1v) is 11.3. The Balaban J connectivity index is 1.30. The van der Waals surface area contributed by atoms with Crippen molar-refractivity contribution in [1.82, 2.24) is 14.9 Å². The molecular formula is C25H29N7O. The van der Waals surface area contributed by atoms with Gasteiger partial charge in [0, 0.05) is 68.1 Å². The van der Waals surface area contributed by atoms with Gasteiger partial charge < -0.3 is 25.8 Å². The summed E-state index contributed by atoms with van der Waals surface area (Å²) in [6.45, 7) is 6.78. The van der Waals surface area contributed by atoms with Crippen molar-refractivity contribution in [1.29, 1.82) is 0 Å². The molecule has 3 heterocycles. The lowest BCUT2D eigenvalue weighted by molar-refractivity contribution is 0.0979. The van der Waals surface area contributed by atoms with Gasteiger partial charge in [-0.05, 0) is 55.9 Å². The molecule has 8 nitrogen and oxygen atoms in total. The van der Waals surface area contributed by atoms with Crippen LogP contribution in [0.5, 0.6) is 0 Å². The number of anilines is 5. The Labute approximate surface area is 194 Å². The van der Waals surface area contributed by atoms with Crippen LogP contribution >= 0.6 is 0 Å². The number of rotatable bonds is 4. The van der Waals surface area contributed by atoms with Gasteiger partial charge in [-0.1, -0.05) is 6.07 Å². The molecule has 3 N–H and O–H groups in total. The molecule has 1 saturated heterocycles. The van der Waals surface area contributed by atoms with E-state index in [-0.39, 0.29) is 5.91 Å². The lowest BCUT2D eigenvalue weighted by Crippen LogP contribution is -2.44. The van der Waals surface area contributed by atoms with Crippen LogP contribution in [-0.4, -0.2) is 60.5 Å². The van der Waals surface area contributed by atoms with Crippen molar-refractivity contribution in [2.45, 2.75) is 13.3 Å². The first kappa shape index (κ1) is 21.2. The summed E-state index contributed by atoms with van der Waals surface area (Å²) in [6.07, 6.45) is 2.29. The third-order valence-corrected chi connectivity index (χ3v) is 6.43. The van der Waals surface area contributed by atoms with E-state index in [4.69, 9.17) is 5.73 Å². The highest BCUT2D eigenvalue weighted by atomic mass is 16.2. The fraction of sp³-hybridized carbons (Fsp3) is 0.320. The molecule has 2 aromatic carbocycles. The Hall–Kier alpha value is -3.65. The predicted octanol–water partition coefficient (Wildman–Crippen LogP) is 3.07. The number of piperazine rings is 1. The van der Waals surface area contributed by atoms with Crippen LogP contribution in [-0.2, 0) is 6.42 Å². The molecule has 0 aliphatic carbocycles. The largest absolute Gasteiger partial charge is 0.399 e. The molecule has 0 atom stereocenters. The van der Waals surface area contributed by atoms with E-state index in [9.17, 15) is 4.79 Å². The van der Waals surface area contributed by atoms with E-state index in [0.29, 0.717) is 30.2 Å². The molecule has 170 valence electrons. The Morgan fingerprint density at radius 1 is 1.00 bits per heavy atom. The summed E-state index contributed by atoms with van der Waals surface area (Å²) in [4.78, 5) is 28.7. The van der Waals surface area contributed by atoms with Gasteiger partial charge in [-0.25, -0.2) is 9.97 Å². The second-order valence-electron chi connectivity index (χ2n) is 8.77. The summed E-state index contributed by atoms with van der Waals surface area (Å²) in [7, 11) is 2.16. The average molecular weight is 444 g/mol. The number of carbonyl (C=O) groups excluding carboxylic acids is 1. The second-order valence-corrected chi connectivity index (χ2v) is 8.77. The van der Waals surface area contributed by atoms with Gasteiger partial charge in [0.05, 0.1) is 11.3 Å². The van der Waals surface area contributed by atoms with Crippen LogP contribution in [0.2, 0.25) is 0 Å². The summed E-state index contributed by atoms with van der Waals surface area (Å²) in [5.41, 5.74) is 11.9. The topological polar surface area (TPSA) is 90.6 Å². The minimum atomic E-state index is -0.0898. The van der Waals surface area contributed by atoms with E-state index in [0.717, 1.165) is 48.8 Å². The number of fused-ring (bicyclic) bond motifs is 1. The van der Waals surface area contributed by atoms with Gasteiger partial charge in [0.25, 0.3) is 5.91 Å². The van der Waals surface area contributed by atoms with Gasteiger partial charge in [0.1, 0.15) is 0 Å². The van der Waals surface area contributed by atoms with E-state index in [1.54, 1.807) is 11.1 Å². The maximum Gasteiger partial charge on any atom is 0.261 e. The van der Waals surface area contributed by atoms with Crippen molar-refractivity contribution in [3.8, 4) is 0 Å². The smallest absolute Gasteiger partial charge is 0.261 e. The summed E-state index contributed by atoms with van der Waals surface area (Å²) < 4.78 is 0. The fourth-order valence-electron chi connectivity index (χ4n) is 4.41. The lowest BCUT2D eigenvalue weighted by Gasteiger charge is -2.34. The first-order chi connectivity index (χ1) is 16.0. The predicted molar refractivity (Wildman–Crippen MR) is 132 cm³/mol. The van der Waals surface area contributed by atoms with Crippen molar-refractivity contribution in [2.75, 3.05) is 60.6 Å². The van der Waals surface area contributed by atoms with Crippen LogP contribution < -0.4 is 20.9 Å². The number of benzene rings is 2. The Morgan fingerprint density at radius 2 is 1.76 bits per heavy atom. The molecule has 5 rings (SSSR count). The highest BCUT2D eigenvalue weighted by Gasteiger charge is 2.28. The number of nitrogens with two attached hydrogens (primary N) is 1. The number of nitrogens with zero attached hydrogens (tertiary/aromatic N) is 5. The van der Waals surface area contributed by atoms with Crippen LogP contribution in [0.1, 0.15) is 21.6 Å². The minimum Gasteiger partial charge on any atom is -0.399 e. The lowest BCUT2D eigenvalue weighted by atomic mass is 10.0. The zero-order chi connectivity index (χ0) is 22.9. The number of aromatic nitrogens is 2. The van der Waals surface area contributed by atoms with Crippen LogP contribution in [0.25, 0.3) is 0 Å². The van der Waals surface area contributed by atoms with E-state index in [1.807, 2.05) is 37.3 Å². The van der Waals surface area contributed by atoms with Gasteiger partial charge in [0.15, 0.2) is 0 Å². The normalized spacial score (nSPS) is 16.6. The Kier molecular flexibility index (Phi) is 5.60. The number of amides is 1. The number of nitrogens with one attached hydrogen (secondary N) is 1. The van der Waals surface area contributed by atoms with Crippen molar-refractivity contribution >= 4 is 34.6 Å². The van der Waals surface area contributed by atoms with Crippen molar-refractivity contribution in [3.05, 3.63) is 65.5 Å². The standard InChI is InChI=1S/C25H29N7O/c1-17-3-4-18(26)15-23(17)32-10-9-22-21(24(32)33)16-27-25(29-22)28-19-5-7-20(8-6-19)31-13-11-30(2)12-14-31/h3-8,15-16H,9-14,26H2,1-2H3,(H,27,28,29). The zero-order valence-electron chi connectivity index (χ0n) is 19.1. The van der Waals surface area contributed by atoms with Crippen LogP contribution in [0.15, 0.2) is 48.7 Å². The number of carbonyl (C=O) groups is 1. The van der Waals surface area contributed by atoms with Crippen LogP contribution in [0.4, 0.5) is 28.7 Å². The third-order valence-electron chi connectivity index (χ3n) is 6.43. The van der Waals surface area contributed by atoms with Gasteiger partial charge in [-0.15, -0.1) is 0 Å². The van der Waals surface area contributed by atoms with Crippen molar-refractivity contribution < 1.29 is 4.79 Å². The molecule has 2 aliphatic rings. The molecule has 33 heavy (non-hydrogen) atoms. The molecule has 1 fully saturated rings. The molecule has 8 heteroatoms. The van der Waals surface area contributed by atoms with Gasteiger partial charge in [-0.2, -0.15) is 0 Å². The summed E-state index contributed by atoms with van der Waals surface area (Å²) in [5.74, 6) is 0.413. The van der Waals surface area contributed by atoms with Gasteiger partial charge in [0.2, 0.25) is 5.95 Å². The monoisotopic (exact) mass is 443 g/mol. The maximum atomic E-state index is 13.1. The second kappa shape index (κ2) is 8.71. The third kappa shape index (κ3) is 4.34. The SMILES string of the molecule is Cc1ccc(N)cc1N1CCc2nc(Nc3ccc(N4CCN(C)CC4)cc3)ncc2C1=O. The van der Waals surface area contributed by atoms with Crippen molar-refractivity contribution in [3.63, 3.8) is 0 Å². The molecule has 0 bridgehead atoms. The molecular weight excluding hydrogens is 414 g/mol. The van der Waals surface area contributed by atoms with Gasteiger partial charge >= 0.3 is 0 Å². The minimum absolute atomic E-state index is 0.0898. The average Bonchev–Trinajstić information content (AvgIpc) is 2.82. The molecule has 3 aromatic rings. The molecule has 0 unspecified atom stereocenters. The fourth-order valence-corrected chi connectivity index (χ4v) is 4.41. The van der Waals surface area contributed by atoms with E-state index in [1.165, 1.54) is 5.69 Å².